The van der Waals surface area contributed by atoms with Gasteiger partial charge in [-0.3, -0.25) is 14.5 Å². The van der Waals surface area contributed by atoms with Gasteiger partial charge in [-0.25, -0.2) is 0 Å². The van der Waals surface area contributed by atoms with Gasteiger partial charge in [0.2, 0.25) is 11.8 Å². The summed E-state index contributed by atoms with van der Waals surface area (Å²) in [6.07, 6.45) is 5.89. The van der Waals surface area contributed by atoms with Crippen molar-refractivity contribution in [2.24, 2.45) is 0 Å². The summed E-state index contributed by atoms with van der Waals surface area (Å²) < 4.78 is 0. The number of hydrogen-bond donors (Lipinski definition) is 1. The number of likely N-dealkylation sites (tertiary alicyclic amines) is 1. The molecule has 0 aromatic heterocycles. The molecular formula is C14H26N2O2. The van der Waals surface area contributed by atoms with Crippen LogP contribution in [0.3, 0.4) is 0 Å². The van der Waals surface area contributed by atoms with Crippen LogP contribution in [0.5, 0.6) is 0 Å². The third-order valence-electron chi connectivity index (χ3n) is 3.45. The second kappa shape index (κ2) is 8.25. The first kappa shape index (κ1) is 15.2. The molecule has 0 aromatic rings. The lowest BCUT2D eigenvalue weighted by Crippen LogP contribution is -2.36. The van der Waals surface area contributed by atoms with Crippen molar-refractivity contribution in [1.82, 2.24) is 10.2 Å². The standard InChI is InChI=1S/C14H26N2O2/c1-3-15-12(2)8-6-7-11-16-13(17)9-4-5-10-14(16)18/h12,15H,3-11H2,1-2H3. The molecule has 1 unspecified atom stereocenters. The van der Waals surface area contributed by atoms with E-state index in [1.807, 2.05) is 0 Å². The molecule has 0 saturated carbocycles. The summed E-state index contributed by atoms with van der Waals surface area (Å²) in [4.78, 5) is 25.0. The first-order chi connectivity index (χ1) is 8.65. The van der Waals surface area contributed by atoms with Gasteiger partial charge >= 0.3 is 0 Å². The minimum Gasteiger partial charge on any atom is -0.315 e. The molecule has 18 heavy (non-hydrogen) atoms. The van der Waals surface area contributed by atoms with E-state index in [0.29, 0.717) is 25.4 Å². The zero-order chi connectivity index (χ0) is 13.4. The summed E-state index contributed by atoms with van der Waals surface area (Å²) in [5.41, 5.74) is 0. The molecule has 4 heteroatoms. The largest absolute Gasteiger partial charge is 0.315 e. The number of hydrogen-bond acceptors (Lipinski definition) is 3. The van der Waals surface area contributed by atoms with E-state index < -0.39 is 0 Å². The van der Waals surface area contributed by atoms with Crippen LogP contribution >= 0.6 is 0 Å². The quantitative estimate of drug-likeness (QED) is 0.559. The lowest BCUT2D eigenvalue weighted by Gasteiger charge is -2.19. The lowest BCUT2D eigenvalue weighted by atomic mass is 10.1. The van der Waals surface area contributed by atoms with E-state index in [0.717, 1.165) is 38.6 Å². The van der Waals surface area contributed by atoms with Crippen LogP contribution in [0, 0.1) is 0 Å². The fourth-order valence-electron chi connectivity index (χ4n) is 2.38. The van der Waals surface area contributed by atoms with Gasteiger partial charge in [-0.1, -0.05) is 13.3 Å². The normalized spacial score (nSPS) is 18.9. The number of carbonyl (C=O) groups excluding carboxylic acids is 2. The van der Waals surface area contributed by atoms with Gasteiger partial charge in [-0.2, -0.15) is 0 Å². The monoisotopic (exact) mass is 254 g/mol. The van der Waals surface area contributed by atoms with Gasteiger partial charge in [0.15, 0.2) is 0 Å². The van der Waals surface area contributed by atoms with Crippen molar-refractivity contribution in [3.05, 3.63) is 0 Å². The van der Waals surface area contributed by atoms with Crippen LogP contribution in [0.1, 0.15) is 58.8 Å². The predicted molar refractivity (Wildman–Crippen MR) is 72.2 cm³/mol. The van der Waals surface area contributed by atoms with E-state index in [-0.39, 0.29) is 11.8 Å². The van der Waals surface area contributed by atoms with Crippen molar-refractivity contribution in [2.75, 3.05) is 13.1 Å². The molecule has 1 saturated heterocycles. The maximum absolute atomic E-state index is 11.7. The Hall–Kier alpha value is -0.900. The molecule has 1 rings (SSSR count). The van der Waals surface area contributed by atoms with Crippen LogP contribution < -0.4 is 5.32 Å². The maximum Gasteiger partial charge on any atom is 0.229 e. The SMILES string of the molecule is CCNC(C)CCCCN1C(=O)CCCCC1=O. The number of imide groups is 1. The highest BCUT2D eigenvalue weighted by molar-refractivity contribution is 5.95. The summed E-state index contributed by atoms with van der Waals surface area (Å²) in [5, 5.41) is 3.36. The molecule has 0 bridgehead atoms. The molecule has 1 aliphatic heterocycles. The van der Waals surface area contributed by atoms with Crippen molar-refractivity contribution in [2.45, 2.75) is 64.8 Å². The smallest absolute Gasteiger partial charge is 0.229 e. The van der Waals surface area contributed by atoms with Crippen molar-refractivity contribution in [1.29, 1.82) is 0 Å². The molecular weight excluding hydrogens is 228 g/mol. The third-order valence-corrected chi connectivity index (χ3v) is 3.45. The van der Waals surface area contributed by atoms with Crippen molar-refractivity contribution in [3.63, 3.8) is 0 Å². The third kappa shape index (κ3) is 5.17. The van der Waals surface area contributed by atoms with Crippen LogP contribution in [-0.2, 0) is 9.59 Å². The molecule has 0 spiro atoms. The van der Waals surface area contributed by atoms with Gasteiger partial charge in [0.25, 0.3) is 0 Å². The fourth-order valence-corrected chi connectivity index (χ4v) is 2.38. The van der Waals surface area contributed by atoms with Gasteiger partial charge < -0.3 is 5.32 Å². The number of unbranched alkanes of at least 4 members (excludes halogenated alkanes) is 1. The summed E-state index contributed by atoms with van der Waals surface area (Å²) in [5.74, 6) is 0.0504. The average molecular weight is 254 g/mol. The van der Waals surface area contributed by atoms with Gasteiger partial charge in [-0.15, -0.1) is 0 Å². The van der Waals surface area contributed by atoms with E-state index in [9.17, 15) is 9.59 Å². The van der Waals surface area contributed by atoms with Gasteiger partial charge in [0.1, 0.15) is 0 Å². The minimum atomic E-state index is 0.0252. The second-order valence-corrected chi connectivity index (χ2v) is 5.10. The highest BCUT2D eigenvalue weighted by atomic mass is 16.2. The average Bonchev–Trinajstić information content (AvgIpc) is 2.48. The van der Waals surface area contributed by atoms with Crippen LogP contribution in [-0.4, -0.2) is 35.8 Å². The van der Waals surface area contributed by atoms with E-state index in [1.165, 1.54) is 4.90 Å². The fraction of sp³-hybridized carbons (Fsp3) is 0.857. The molecule has 4 nitrogen and oxygen atoms in total. The van der Waals surface area contributed by atoms with Crippen molar-refractivity contribution >= 4 is 11.8 Å². The molecule has 1 N–H and O–H groups in total. The Kier molecular flexibility index (Phi) is 6.94. The Morgan fingerprint density at radius 3 is 2.33 bits per heavy atom. The van der Waals surface area contributed by atoms with Crippen LogP contribution in [0.4, 0.5) is 0 Å². The highest BCUT2D eigenvalue weighted by Crippen LogP contribution is 2.13. The molecule has 0 aliphatic carbocycles. The molecule has 2 amide bonds. The number of nitrogens with one attached hydrogen (secondary N) is 1. The Labute approximate surface area is 110 Å². The van der Waals surface area contributed by atoms with Crippen molar-refractivity contribution in [3.8, 4) is 0 Å². The number of nitrogens with zero attached hydrogens (tertiary/aromatic N) is 1. The molecule has 1 aliphatic rings. The summed E-state index contributed by atoms with van der Waals surface area (Å²) in [7, 11) is 0. The molecule has 104 valence electrons. The molecule has 1 atom stereocenters. The topological polar surface area (TPSA) is 49.4 Å². The lowest BCUT2D eigenvalue weighted by molar-refractivity contribution is -0.143. The second-order valence-electron chi connectivity index (χ2n) is 5.10. The van der Waals surface area contributed by atoms with E-state index in [4.69, 9.17) is 0 Å². The Bertz CT molecular complexity index is 261. The van der Waals surface area contributed by atoms with Gasteiger partial charge in [0, 0.05) is 25.4 Å². The molecule has 1 fully saturated rings. The molecule has 0 aromatic carbocycles. The van der Waals surface area contributed by atoms with E-state index >= 15 is 0 Å². The maximum atomic E-state index is 11.7. The van der Waals surface area contributed by atoms with Crippen LogP contribution in [0.25, 0.3) is 0 Å². The molecule has 0 radical (unpaired) electrons. The Morgan fingerprint density at radius 1 is 1.17 bits per heavy atom. The summed E-state index contributed by atoms with van der Waals surface area (Å²) in [6, 6.07) is 0.519. The number of rotatable bonds is 7. The minimum absolute atomic E-state index is 0.0252. The predicted octanol–water partition coefficient (Wildman–Crippen LogP) is 2.08. The van der Waals surface area contributed by atoms with Gasteiger partial charge in [0.05, 0.1) is 0 Å². The van der Waals surface area contributed by atoms with Crippen LogP contribution in [0.15, 0.2) is 0 Å². The summed E-state index contributed by atoms with van der Waals surface area (Å²) >= 11 is 0. The summed E-state index contributed by atoms with van der Waals surface area (Å²) in [6.45, 7) is 5.87. The highest BCUT2D eigenvalue weighted by Gasteiger charge is 2.23. The van der Waals surface area contributed by atoms with Gasteiger partial charge in [-0.05, 0) is 39.2 Å². The Balaban J connectivity index is 2.24. The molecule has 1 heterocycles. The van der Waals surface area contributed by atoms with Crippen LogP contribution in [0.2, 0.25) is 0 Å². The first-order valence-corrected chi connectivity index (χ1v) is 7.21. The zero-order valence-corrected chi connectivity index (χ0v) is 11.7. The number of carbonyl (C=O) groups is 2. The van der Waals surface area contributed by atoms with E-state index in [2.05, 4.69) is 19.2 Å². The number of amides is 2. The van der Waals surface area contributed by atoms with Crippen molar-refractivity contribution < 1.29 is 9.59 Å². The first-order valence-electron chi connectivity index (χ1n) is 7.21. The zero-order valence-electron chi connectivity index (χ0n) is 11.7. The Morgan fingerprint density at radius 2 is 1.78 bits per heavy atom. The van der Waals surface area contributed by atoms with E-state index in [1.54, 1.807) is 0 Å².